The monoisotopic (exact) mass is 194 g/mol. The van der Waals surface area contributed by atoms with Crippen molar-refractivity contribution in [3.63, 3.8) is 0 Å². The topological polar surface area (TPSA) is 46.5 Å². The van der Waals surface area contributed by atoms with E-state index in [0.29, 0.717) is 6.42 Å². The van der Waals surface area contributed by atoms with Crippen LogP contribution in [-0.4, -0.2) is 24.3 Å². The second-order valence-corrected chi connectivity index (χ2v) is 3.25. The smallest absolute Gasteiger partial charge is 0.333 e. The summed E-state index contributed by atoms with van der Waals surface area (Å²) in [5.41, 5.74) is 2.14. The Hall–Kier alpha value is -1.35. The second-order valence-electron chi connectivity index (χ2n) is 3.25. The van der Waals surface area contributed by atoms with Crippen LogP contribution in [0.15, 0.2) is 24.3 Å². The maximum absolute atomic E-state index is 10.7. The number of carboxylic acids is 1. The molecular weight excluding hydrogens is 180 g/mol. The van der Waals surface area contributed by atoms with E-state index in [1.807, 2.05) is 31.2 Å². The normalized spacial score (nSPS) is 12.4. The zero-order chi connectivity index (χ0) is 10.6. The van der Waals surface area contributed by atoms with Crippen LogP contribution in [0.3, 0.4) is 0 Å². The highest BCUT2D eigenvalue weighted by Crippen LogP contribution is 2.07. The Morgan fingerprint density at radius 2 is 2.00 bits per heavy atom. The van der Waals surface area contributed by atoms with Gasteiger partial charge in [0.05, 0.1) is 0 Å². The van der Waals surface area contributed by atoms with E-state index >= 15 is 0 Å². The molecule has 3 heteroatoms. The van der Waals surface area contributed by atoms with Crippen LogP contribution < -0.4 is 0 Å². The van der Waals surface area contributed by atoms with Gasteiger partial charge in [0.15, 0.2) is 6.10 Å². The van der Waals surface area contributed by atoms with Crippen molar-refractivity contribution in [2.75, 3.05) is 7.11 Å². The Kier molecular flexibility index (Phi) is 3.65. The summed E-state index contributed by atoms with van der Waals surface area (Å²) in [6.45, 7) is 1.99. The molecule has 1 N–H and O–H groups in total. The van der Waals surface area contributed by atoms with E-state index < -0.39 is 12.1 Å². The average Bonchev–Trinajstić information content (AvgIpc) is 2.16. The predicted octanol–water partition coefficient (Wildman–Crippen LogP) is 1.64. The zero-order valence-electron chi connectivity index (χ0n) is 8.36. The molecule has 0 aliphatic carbocycles. The van der Waals surface area contributed by atoms with Crippen molar-refractivity contribution < 1.29 is 14.6 Å². The first-order valence-electron chi connectivity index (χ1n) is 4.44. The average molecular weight is 194 g/mol. The maximum Gasteiger partial charge on any atom is 0.333 e. The van der Waals surface area contributed by atoms with Crippen molar-refractivity contribution in [3.8, 4) is 0 Å². The van der Waals surface area contributed by atoms with Crippen molar-refractivity contribution in [1.29, 1.82) is 0 Å². The van der Waals surface area contributed by atoms with E-state index in [9.17, 15) is 4.79 Å². The molecule has 0 fully saturated rings. The van der Waals surface area contributed by atoms with E-state index in [0.717, 1.165) is 11.1 Å². The Labute approximate surface area is 83.3 Å². The summed E-state index contributed by atoms with van der Waals surface area (Å²) in [5.74, 6) is -0.923. The van der Waals surface area contributed by atoms with Gasteiger partial charge in [-0.15, -0.1) is 0 Å². The molecule has 0 aliphatic rings. The van der Waals surface area contributed by atoms with Gasteiger partial charge in [0, 0.05) is 13.5 Å². The molecule has 0 aromatic heterocycles. The number of hydrogen-bond acceptors (Lipinski definition) is 2. The van der Waals surface area contributed by atoms with Gasteiger partial charge in [-0.1, -0.05) is 29.8 Å². The van der Waals surface area contributed by atoms with Gasteiger partial charge < -0.3 is 9.84 Å². The number of methoxy groups -OCH3 is 1. The molecule has 0 saturated heterocycles. The molecule has 0 spiro atoms. The van der Waals surface area contributed by atoms with Crippen LogP contribution in [0.2, 0.25) is 0 Å². The molecule has 1 rings (SSSR count). The van der Waals surface area contributed by atoms with Gasteiger partial charge in [-0.05, 0) is 12.5 Å². The number of aliphatic carboxylic acids is 1. The molecule has 0 aliphatic heterocycles. The third-order valence-electron chi connectivity index (χ3n) is 2.10. The fraction of sp³-hybridized carbons (Fsp3) is 0.364. The summed E-state index contributed by atoms with van der Waals surface area (Å²) in [4.78, 5) is 10.7. The Bertz CT molecular complexity index is 303. The minimum atomic E-state index is -0.923. The van der Waals surface area contributed by atoms with Crippen LogP contribution in [0.25, 0.3) is 0 Å². The lowest BCUT2D eigenvalue weighted by Crippen LogP contribution is -2.24. The second kappa shape index (κ2) is 4.77. The van der Waals surface area contributed by atoms with Crippen LogP contribution in [0.5, 0.6) is 0 Å². The largest absolute Gasteiger partial charge is 0.479 e. The van der Waals surface area contributed by atoms with Crippen LogP contribution in [0.1, 0.15) is 11.1 Å². The number of ether oxygens (including phenoxy) is 1. The standard InChI is InChI=1S/C11H14O3/c1-8-3-5-9(6-4-8)7-10(14-2)11(12)13/h3-6,10H,7H2,1-2H3,(H,12,13)/t10-/m0/s1. The molecule has 1 atom stereocenters. The minimum absolute atomic E-state index is 0.409. The van der Waals surface area contributed by atoms with Crippen LogP contribution >= 0.6 is 0 Å². The molecule has 1 aromatic carbocycles. The molecule has 0 bridgehead atoms. The SMILES string of the molecule is CO[C@@H](Cc1ccc(C)cc1)C(=O)O. The molecule has 1 aromatic rings. The highest BCUT2D eigenvalue weighted by Gasteiger charge is 2.16. The van der Waals surface area contributed by atoms with E-state index in [-0.39, 0.29) is 0 Å². The molecule has 14 heavy (non-hydrogen) atoms. The van der Waals surface area contributed by atoms with Crippen LogP contribution in [0, 0.1) is 6.92 Å². The molecular formula is C11H14O3. The van der Waals surface area contributed by atoms with E-state index in [2.05, 4.69) is 0 Å². The maximum atomic E-state index is 10.7. The molecule has 0 amide bonds. The van der Waals surface area contributed by atoms with Crippen molar-refractivity contribution in [2.24, 2.45) is 0 Å². The third-order valence-corrected chi connectivity index (χ3v) is 2.10. The van der Waals surface area contributed by atoms with Gasteiger partial charge in [-0.25, -0.2) is 4.79 Å². The summed E-state index contributed by atoms with van der Waals surface area (Å²) in [5, 5.41) is 8.76. The lowest BCUT2D eigenvalue weighted by molar-refractivity contribution is -0.148. The number of hydrogen-bond donors (Lipinski definition) is 1. The molecule has 0 unspecified atom stereocenters. The molecule has 0 radical (unpaired) electrons. The first-order valence-corrected chi connectivity index (χ1v) is 4.44. The Morgan fingerprint density at radius 1 is 1.43 bits per heavy atom. The fourth-order valence-corrected chi connectivity index (χ4v) is 1.21. The quantitative estimate of drug-likeness (QED) is 0.792. The number of rotatable bonds is 4. The lowest BCUT2D eigenvalue weighted by atomic mass is 10.1. The van der Waals surface area contributed by atoms with Gasteiger partial charge in [-0.3, -0.25) is 0 Å². The molecule has 76 valence electrons. The van der Waals surface area contributed by atoms with Gasteiger partial charge >= 0.3 is 5.97 Å². The minimum Gasteiger partial charge on any atom is -0.479 e. The summed E-state index contributed by atoms with van der Waals surface area (Å²) in [6.07, 6.45) is -0.343. The summed E-state index contributed by atoms with van der Waals surface area (Å²) in [6, 6.07) is 7.77. The van der Waals surface area contributed by atoms with Crippen molar-refractivity contribution >= 4 is 5.97 Å². The Morgan fingerprint density at radius 3 is 2.43 bits per heavy atom. The molecule has 0 heterocycles. The van der Waals surface area contributed by atoms with E-state index in [1.165, 1.54) is 7.11 Å². The first kappa shape index (κ1) is 10.7. The third kappa shape index (κ3) is 2.85. The van der Waals surface area contributed by atoms with E-state index in [1.54, 1.807) is 0 Å². The lowest BCUT2D eigenvalue weighted by Gasteiger charge is -2.10. The van der Waals surface area contributed by atoms with Crippen molar-refractivity contribution in [1.82, 2.24) is 0 Å². The van der Waals surface area contributed by atoms with Crippen LogP contribution in [0.4, 0.5) is 0 Å². The zero-order valence-corrected chi connectivity index (χ0v) is 8.36. The van der Waals surface area contributed by atoms with Crippen molar-refractivity contribution in [3.05, 3.63) is 35.4 Å². The van der Waals surface area contributed by atoms with Gasteiger partial charge in [-0.2, -0.15) is 0 Å². The van der Waals surface area contributed by atoms with E-state index in [4.69, 9.17) is 9.84 Å². The number of carbonyl (C=O) groups is 1. The molecule has 3 nitrogen and oxygen atoms in total. The molecule has 0 saturated carbocycles. The first-order chi connectivity index (χ1) is 6.63. The number of benzene rings is 1. The van der Waals surface area contributed by atoms with Gasteiger partial charge in [0.2, 0.25) is 0 Å². The Balaban J connectivity index is 2.67. The summed E-state index contributed by atoms with van der Waals surface area (Å²) in [7, 11) is 1.41. The van der Waals surface area contributed by atoms with Crippen molar-refractivity contribution in [2.45, 2.75) is 19.4 Å². The fourth-order valence-electron chi connectivity index (χ4n) is 1.21. The predicted molar refractivity (Wildman–Crippen MR) is 53.3 cm³/mol. The van der Waals surface area contributed by atoms with Gasteiger partial charge in [0.1, 0.15) is 0 Å². The highest BCUT2D eigenvalue weighted by atomic mass is 16.5. The van der Waals surface area contributed by atoms with Gasteiger partial charge in [0.25, 0.3) is 0 Å². The van der Waals surface area contributed by atoms with Crippen LogP contribution in [-0.2, 0) is 16.0 Å². The highest BCUT2D eigenvalue weighted by molar-refractivity contribution is 5.72. The summed E-state index contributed by atoms with van der Waals surface area (Å²) >= 11 is 0. The summed E-state index contributed by atoms with van der Waals surface area (Å²) < 4.78 is 4.85. The number of aryl methyl sites for hydroxylation is 1. The number of carboxylic acid groups (broad SMARTS) is 1.